The van der Waals surface area contributed by atoms with E-state index in [1.165, 1.54) is 6.92 Å². The van der Waals surface area contributed by atoms with Crippen molar-refractivity contribution in [2.45, 2.75) is 20.3 Å². The topological polar surface area (TPSA) is 34.1 Å². The minimum absolute atomic E-state index is 0.0318. The Morgan fingerprint density at radius 2 is 1.75 bits per heavy atom. The van der Waals surface area contributed by atoms with E-state index in [0.29, 0.717) is 16.1 Å². The van der Waals surface area contributed by atoms with Gasteiger partial charge in [-0.1, -0.05) is 41.4 Å². The molecule has 2 aromatic rings. The lowest BCUT2D eigenvalue weighted by molar-refractivity contribution is 0.0992. The molecule has 2 aromatic carbocycles. The van der Waals surface area contributed by atoms with Crippen LogP contribution in [0.25, 0.3) is 0 Å². The number of hydrogen-bond donors (Lipinski definition) is 0. The van der Waals surface area contributed by atoms with E-state index in [9.17, 15) is 9.59 Å². The Bertz CT molecular complexity index is 674. The Hall–Kier alpha value is -1.93. The highest BCUT2D eigenvalue weighted by Gasteiger charge is 2.14. The molecular formula is C17H15ClO2. The molecule has 0 fully saturated rings. The van der Waals surface area contributed by atoms with Crippen molar-refractivity contribution in [2.24, 2.45) is 0 Å². The number of halogens is 1. The summed E-state index contributed by atoms with van der Waals surface area (Å²) in [5.41, 5.74) is 2.84. The third kappa shape index (κ3) is 3.14. The van der Waals surface area contributed by atoms with Crippen molar-refractivity contribution in [3.63, 3.8) is 0 Å². The van der Waals surface area contributed by atoms with Crippen LogP contribution in [0.1, 0.15) is 38.8 Å². The van der Waals surface area contributed by atoms with Crippen LogP contribution in [0, 0.1) is 6.92 Å². The summed E-state index contributed by atoms with van der Waals surface area (Å²) in [5.74, 6) is -0.113. The van der Waals surface area contributed by atoms with Gasteiger partial charge in [0.05, 0.1) is 5.02 Å². The Labute approximate surface area is 123 Å². The number of rotatable bonds is 4. The second-order valence-electron chi connectivity index (χ2n) is 4.80. The molecule has 0 unspecified atom stereocenters. The van der Waals surface area contributed by atoms with Crippen LogP contribution in [0.4, 0.5) is 0 Å². The van der Waals surface area contributed by atoms with Crippen molar-refractivity contribution in [3.05, 3.63) is 69.7 Å². The second kappa shape index (κ2) is 6.02. The maximum absolute atomic E-state index is 12.3. The number of ketones is 2. The zero-order valence-electron chi connectivity index (χ0n) is 11.4. The van der Waals surface area contributed by atoms with Gasteiger partial charge in [0.2, 0.25) is 0 Å². The van der Waals surface area contributed by atoms with Crippen molar-refractivity contribution >= 4 is 23.2 Å². The maximum Gasteiger partial charge on any atom is 0.168 e. The second-order valence-corrected chi connectivity index (χ2v) is 5.20. The number of carbonyl (C=O) groups is 2. The minimum atomic E-state index is -0.0815. The minimum Gasteiger partial charge on any atom is -0.295 e. The van der Waals surface area contributed by atoms with Crippen molar-refractivity contribution in [1.29, 1.82) is 0 Å². The number of benzene rings is 2. The monoisotopic (exact) mass is 286 g/mol. The predicted molar refractivity (Wildman–Crippen MR) is 80.7 cm³/mol. The summed E-state index contributed by atoms with van der Waals surface area (Å²) in [6.45, 7) is 3.43. The van der Waals surface area contributed by atoms with Crippen LogP contribution >= 0.6 is 11.6 Å². The molecule has 0 spiro atoms. The highest BCUT2D eigenvalue weighted by molar-refractivity contribution is 6.34. The van der Waals surface area contributed by atoms with E-state index in [2.05, 4.69) is 0 Å². The van der Waals surface area contributed by atoms with Crippen LogP contribution in [0.5, 0.6) is 0 Å². The average molecular weight is 287 g/mol. The van der Waals surface area contributed by atoms with Gasteiger partial charge in [-0.25, -0.2) is 0 Å². The highest BCUT2D eigenvalue weighted by Crippen LogP contribution is 2.20. The van der Waals surface area contributed by atoms with Gasteiger partial charge in [-0.05, 0) is 37.6 Å². The van der Waals surface area contributed by atoms with Crippen LogP contribution in [0.3, 0.4) is 0 Å². The van der Waals surface area contributed by atoms with Crippen molar-refractivity contribution in [1.82, 2.24) is 0 Å². The zero-order valence-corrected chi connectivity index (χ0v) is 12.2. The van der Waals surface area contributed by atoms with Gasteiger partial charge in [0.25, 0.3) is 0 Å². The maximum atomic E-state index is 12.3. The van der Waals surface area contributed by atoms with E-state index in [1.807, 2.05) is 25.1 Å². The highest BCUT2D eigenvalue weighted by atomic mass is 35.5. The fraction of sp³-hybridized carbons (Fsp3) is 0.176. The standard InChI is InChI=1S/C17H15ClO2/c1-11-7-8-13(15(9-11)12(2)19)10-17(20)14-5-3-4-6-16(14)18/h3-9H,10H2,1-2H3. The van der Waals surface area contributed by atoms with Gasteiger partial charge in [0.15, 0.2) is 11.6 Å². The Morgan fingerprint density at radius 3 is 2.40 bits per heavy atom. The molecule has 0 N–H and O–H groups in total. The van der Waals surface area contributed by atoms with E-state index < -0.39 is 0 Å². The van der Waals surface area contributed by atoms with Crippen LogP contribution in [-0.4, -0.2) is 11.6 Å². The largest absolute Gasteiger partial charge is 0.295 e. The molecule has 3 heteroatoms. The summed E-state index contributed by atoms with van der Waals surface area (Å²) >= 11 is 6.03. The summed E-state index contributed by atoms with van der Waals surface area (Å²) in [4.78, 5) is 24.0. The normalized spacial score (nSPS) is 10.3. The lowest BCUT2D eigenvalue weighted by Gasteiger charge is -2.08. The molecule has 0 aliphatic carbocycles. The van der Waals surface area contributed by atoms with Crippen molar-refractivity contribution < 1.29 is 9.59 Å². The molecule has 0 heterocycles. The molecule has 102 valence electrons. The molecule has 0 aliphatic heterocycles. The zero-order chi connectivity index (χ0) is 14.7. The van der Waals surface area contributed by atoms with Crippen LogP contribution in [0.2, 0.25) is 5.02 Å². The third-order valence-electron chi connectivity index (χ3n) is 3.17. The fourth-order valence-corrected chi connectivity index (χ4v) is 2.37. The van der Waals surface area contributed by atoms with Crippen LogP contribution < -0.4 is 0 Å². The summed E-state index contributed by atoms with van der Waals surface area (Å²) in [6, 6.07) is 12.5. The Kier molecular flexibility index (Phi) is 4.35. The molecule has 20 heavy (non-hydrogen) atoms. The molecule has 0 aliphatic rings. The quantitative estimate of drug-likeness (QED) is 0.786. The summed E-state index contributed by atoms with van der Waals surface area (Å²) in [6.07, 6.45) is 0.179. The molecule has 0 saturated carbocycles. The van der Waals surface area contributed by atoms with Gasteiger partial charge in [-0.15, -0.1) is 0 Å². The molecule has 0 bridgehead atoms. The van der Waals surface area contributed by atoms with Crippen molar-refractivity contribution in [3.8, 4) is 0 Å². The molecule has 0 radical (unpaired) electrons. The summed E-state index contributed by atoms with van der Waals surface area (Å²) in [5, 5.41) is 0.439. The van der Waals surface area contributed by atoms with Gasteiger partial charge in [0.1, 0.15) is 0 Å². The number of aryl methyl sites for hydroxylation is 1. The molecule has 2 rings (SSSR count). The molecule has 0 saturated heterocycles. The summed E-state index contributed by atoms with van der Waals surface area (Å²) in [7, 11) is 0. The first-order valence-corrected chi connectivity index (χ1v) is 6.75. The van der Waals surface area contributed by atoms with Crippen LogP contribution in [0.15, 0.2) is 42.5 Å². The van der Waals surface area contributed by atoms with Gasteiger partial charge >= 0.3 is 0 Å². The van der Waals surface area contributed by atoms with E-state index in [-0.39, 0.29) is 18.0 Å². The van der Waals surface area contributed by atoms with Gasteiger partial charge in [-0.2, -0.15) is 0 Å². The lowest BCUT2D eigenvalue weighted by atomic mass is 9.95. The van der Waals surface area contributed by atoms with Gasteiger partial charge in [0, 0.05) is 17.5 Å². The summed E-state index contributed by atoms with van der Waals surface area (Å²) < 4.78 is 0. The first kappa shape index (κ1) is 14.5. The first-order chi connectivity index (χ1) is 9.49. The Balaban J connectivity index is 2.33. The van der Waals surface area contributed by atoms with E-state index in [4.69, 9.17) is 11.6 Å². The average Bonchev–Trinajstić information content (AvgIpc) is 2.41. The van der Waals surface area contributed by atoms with Crippen LogP contribution in [-0.2, 0) is 6.42 Å². The smallest absolute Gasteiger partial charge is 0.168 e. The van der Waals surface area contributed by atoms with Crippen molar-refractivity contribution in [2.75, 3.05) is 0 Å². The van der Waals surface area contributed by atoms with Gasteiger partial charge < -0.3 is 0 Å². The first-order valence-electron chi connectivity index (χ1n) is 6.37. The fourth-order valence-electron chi connectivity index (χ4n) is 2.13. The van der Waals surface area contributed by atoms with E-state index >= 15 is 0 Å². The molecule has 0 amide bonds. The number of hydrogen-bond acceptors (Lipinski definition) is 2. The number of carbonyl (C=O) groups excluding carboxylic acids is 2. The third-order valence-corrected chi connectivity index (χ3v) is 3.50. The Morgan fingerprint density at radius 1 is 1.05 bits per heavy atom. The predicted octanol–water partition coefficient (Wildman–Crippen LogP) is 4.28. The van der Waals surface area contributed by atoms with E-state index in [1.54, 1.807) is 24.3 Å². The molecule has 0 aromatic heterocycles. The molecular weight excluding hydrogens is 272 g/mol. The van der Waals surface area contributed by atoms with E-state index in [0.717, 1.165) is 11.1 Å². The SMILES string of the molecule is CC(=O)c1cc(C)ccc1CC(=O)c1ccccc1Cl. The lowest BCUT2D eigenvalue weighted by Crippen LogP contribution is -2.08. The van der Waals surface area contributed by atoms with Gasteiger partial charge in [-0.3, -0.25) is 9.59 Å². The molecule has 2 nitrogen and oxygen atoms in total. The molecule has 0 atom stereocenters. The number of Topliss-reactive ketones (excluding diaryl/α,β-unsaturated/α-hetero) is 2.